The zero-order valence-electron chi connectivity index (χ0n) is 34.6. The number of fused-ring (bicyclic) bond motifs is 4. The van der Waals surface area contributed by atoms with Crippen LogP contribution in [0.1, 0.15) is 120 Å². The monoisotopic (exact) mass is 828 g/mol. The van der Waals surface area contributed by atoms with E-state index >= 15 is 0 Å². The molecule has 4 saturated carbocycles. The first-order valence-electron chi connectivity index (χ1n) is 19.8. The zero-order chi connectivity index (χ0) is 41.6. The van der Waals surface area contributed by atoms with Gasteiger partial charge >= 0.3 is 35.9 Å². The van der Waals surface area contributed by atoms with Crippen molar-refractivity contribution in [3.05, 3.63) is 0 Å². The number of hydrogen-bond donors (Lipinski definition) is 1. The van der Waals surface area contributed by atoms with E-state index in [9.17, 15) is 31.1 Å². The highest BCUT2D eigenvalue weighted by atomic mass is 28.4. The molecule has 4 aliphatic rings. The highest BCUT2D eigenvalue weighted by molar-refractivity contribution is 6.59. The Morgan fingerprint density at radius 3 is 1.19 bits per heavy atom. The van der Waals surface area contributed by atoms with Crippen LogP contribution in [-0.2, 0) is 36.1 Å². The van der Waals surface area contributed by atoms with Crippen LogP contribution in [0, 0.1) is 35.5 Å². The summed E-state index contributed by atoms with van der Waals surface area (Å²) in [6.07, 6.45) is -5.02. The Labute approximate surface area is 322 Å². The normalized spacial score (nSPS) is 25.3. The number of carbonyl (C=O) groups is 1. The van der Waals surface area contributed by atoms with Crippen LogP contribution < -0.4 is 0 Å². The molecule has 0 amide bonds. The molecule has 0 heterocycles. The summed E-state index contributed by atoms with van der Waals surface area (Å²) in [4.78, 5) is 11.8. The van der Waals surface area contributed by atoms with Gasteiger partial charge < -0.3 is 36.4 Å². The predicted molar refractivity (Wildman–Crippen MR) is 198 cm³/mol. The van der Waals surface area contributed by atoms with Gasteiger partial charge in [-0.2, -0.15) is 26.3 Å². The second-order valence-electron chi connectivity index (χ2n) is 15.6. The number of rotatable bonds is 15. The molecule has 4 bridgehead atoms. The Morgan fingerprint density at radius 1 is 0.593 bits per heavy atom. The van der Waals surface area contributed by atoms with Crippen molar-refractivity contribution in [1.29, 1.82) is 0 Å². The molecule has 0 aromatic rings. The van der Waals surface area contributed by atoms with E-state index < -0.39 is 47.9 Å². The maximum atomic E-state index is 12.5. The van der Waals surface area contributed by atoms with Crippen molar-refractivity contribution in [3.63, 3.8) is 0 Å². The molecule has 4 fully saturated rings. The van der Waals surface area contributed by atoms with E-state index in [1.54, 1.807) is 0 Å². The number of aliphatic hydroxyl groups is 1. The maximum Gasteiger partial charge on any atom is 0.497 e. The van der Waals surface area contributed by atoms with Crippen LogP contribution in [0.3, 0.4) is 0 Å². The topological polar surface area (TPSA) is 102 Å². The quantitative estimate of drug-likeness (QED) is 0.0983. The van der Waals surface area contributed by atoms with Gasteiger partial charge in [-0.05, 0) is 137 Å². The molecule has 0 aromatic heterocycles. The maximum absolute atomic E-state index is 12.5. The molecule has 4 rings (SSSR count). The van der Waals surface area contributed by atoms with Crippen LogP contribution in [-0.4, -0.2) is 91.9 Å². The van der Waals surface area contributed by atoms with Crippen LogP contribution in [0.4, 0.5) is 26.3 Å². The van der Waals surface area contributed by atoms with E-state index in [0.717, 1.165) is 18.8 Å². The van der Waals surface area contributed by atoms with Crippen molar-refractivity contribution < 1.29 is 67.5 Å². The minimum absolute atomic E-state index is 0.0460. The van der Waals surface area contributed by atoms with E-state index in [1.165, 1.54) is 19.3 Å². The lowest BCUT2D eigenvalue weighted by atomic mass is 9.79. The first kappa shape index (κ1) is 51.2. The van der Waals surface area contributed by atoms with Crippen LogP contribution in [0.2, 0.25) is 13.1 Å². The number of esters is 1. The number of alkyl halides is 6. The van der Waals surface area contributed by atoms with Crippen molar-refractivity contribution in [2.45, 2.75) is 157 Å². The molecular formula is C37H70F6O9Si2. The number of ether oxygens (including phenoxy) is 1. The Kier molecular flexibility index (Phi) is 21.2. The van der Waals surface area contributed by atoms with Gasteiger partial charge in [0.2, 0.25) is 0 Å². The van der Waals surface area contributed by atoms with Gasteiger partial charge in [0.25, 0.3) is 5.60 Å². The third-order valence-electron chi connectivity index (χ3n) is 10.3. The van der Waals surface area contributed by atoms with E-state index in [4.69, 9.17) is 36.4 Å². The summed E-state index contributed by atoms with van der Waals surface area (Å²) in [7, 11) is -4.50. The molecule has 9 nitrogen and oxygen atoms in total. The fourth-order valence-electron chi connectivity index (χ4n) is 8.13. The van der Waals surface area contributed by atoms with Crippen molar-refractivity contribution in [3.8, 4) is 0 Å². The lowest BCUT2D eigenvalue weighted by molar-refractivity contribution is -0.373. The summed E-state index contributed by atoms with van der Waals surface area (Å²) in [5.41, 5.74) is -4.88. The second-order valence-corrected chi connectivity index (χ2v) is 20.8. The summed E-state index contributed by atoms with van der Waals surface area (Å²) < 4.78 is 113. The lowest BCUT2D eigenvalue weighted by Crippen LogP contribution is -2.58. The van der Waals surface area contributed by atoms with Gasteiger partial charge in [-0.3, -0.25) is 4.79 Å². The van der Waals surface area contributed by atoms with Crippen molar-refractivity contribution in [2.24, 2.45) is 35.5 Å². The molecule has 1 N–H and O–H groups in total. The van der Waals surface area contributed by atoms with E-state index in [-0.39, 0.29) is 29.3 Å². The molecule has 0 radical (unpaired) electrons. The summed E-state index contributed by atoms with van der Waals surface area (Å²) in [5, 5.41) is 9.12. The summed E-state index contributed by atoms with van der Waals surface area (Å²) >= 11 is 0. The Hall–Kier alpha value is -0.796. The molecule has 0 saturated heterocycles. The number of halogens is 6. The minimum Gasteiger partial charge on any atom is -0.460 e. The minimum atomic E-state index is -5.67. The van der Waals surface area contributed by atoms with Crippen molar-refractivity contribution in [1.82, 2.24) is 0 Å². The average Bonchev–Trinajstić information content (AvgIpc) is 3.84. The Bertz CT molecular complexity index is 1000. The molecule has 54 heavy (non-hydrogen) atoms. The standard InChI is InChI=1S/C12H20O2.C11H14F6O.2C7H18O3Si/c1-12(2,3)14-11(13)10-7-8-4-5-9(10)6-8;12-10(13,14)9(18,11(15,16)17)5-8-4-6-1-2-7(8)3-6;2*1-5-8-11(4,9-6-2)10-7-3/h8-10H,4-7H2,1-3H3;6-8,18H,1-5H2;2*5-7H2,1-4H3. The predicted octanol–water partition coefficient (Wildman–Crippen LogP) is 9.76. The molecule has 6 atom stereocenters. The molecule has 0 aliphatic heterocycles. The highest BCUT2D eigenvalue weighted by Gasteiger charge is 2.71. The molecule has 6 unspecified atom stereocenters. The van der Waals surface area contributed by atoms with Crippen molar-refractivity contribution >= 4 is 23.6 Å². The molecule has 0 aromatic carbocycles. The highest BCUT2D eigenvalue weighted by Crippen LogP contribution is 2.55. The molecular weight excluding hydrogens is 759 g/mol. The fraction of sp³-hybridized carbons (Fsp3) is 0.973. The van der Waals surface area contributed by atoms with Gasteiger partial charge in [0, 0.05) is 52.7 Å². The third-order valence-corrected chi connectivity index (χ3v) is 15.1. The van der Waals surface area contributed by atoms with Gasteiger partial charge in [0.15, 0.2) is 0 Å². The van der Waals surface area contributed by atoms with Gasteiger partial charge in [-0.1, -0.05) is 12.8 Å². The van der Waals surface area contributed by atoms with Crippen LogP contribution in [0.15, 0.2) is 0 Å². The van der Waals surface area contributed by atoms with Gasteiger partial charge in [-0.25, -0.2) is 0 Å². The van der Waals surface area contributed by atoms with E-state index in [1.807, 2.05) is 75.4 Å². The van der Waals surface area contributed by atoms with Gasteiger partial charge in [0.05, 0.1) is 5.92 Å². The van der Waals surface area contributed by atoms with Crippen molar-refractivity contribution in [2.75, 3.05) is 39.6 Å². The largest absolute Gasteiger partial charge is 0.497 e. The van der Waals surface area contributed by atoms with Gasteiger partial charge in [-0.15, -0.1) is 0 Å². The number of hydrogen-bond acceptors (Lipinski definition) is 9. The van der Waals surface area contributed by atoms with Gasteiger partial charge in [0.1, 0.15) is 5.60 Å². The molecule has 0 spiro atoms. The smallest absolute Gasteiger partial charge is 0.460 e. The van der Waals surface area contributed by atoms with E-state index in [0.29, 0.717) is 64.8 Å². The van der Waals surface area contributed by atoms with Crippen LogP contribution in [0.5, 0.6) is 0 Å². The first-order valence-corrected chi connectivity index (χ1v) is 24.2. The van der Waals surface area contributed by atoms with Crippen LogP contribution in [0.25, 0.3) is 0 Å². The fourth-order valence-corrected chi connectivity index (χ4v) is 11.8. The first-order chi connectivity index (χ1) is 24.9. The molecule has 4 aliphatic carbocycles. The number of carbonyl (C=O) groups excluding carboxylic acids is 1. The molecule has 17 heteroatoms. The average molecular weight is 829 g/mol. The summed E-state index contributed by atoms with van der Waals surface area (Å²) in [6.45, 7) is 25.3. The Balaban J connectivity index is 0.000000369. The van der Waals surface area contributed by atoms with Crippen LogP contribution >= 0.6 is 0 Å². The summed E-state index contributed by atoms with van der Waals surface area (Å²) in [6, 6.07) is 0. The molecule has 322 valence electrons. The van der Waals surface area contributed by atoms with E-state index in [2.05, 4.69) is 0 Å². The SMILES string of the molecule is CC(C)(C)OC(=O)C1CC2CCC1C2.CCO[Si](C)(OCC)OCC.CCO[Si](C)(OCC)OCC.OC(CC1CC2CCC1C2)(C(F)(F)F)C(F)(F)F. The zero-order valence-corrected chi connectivity index (χ0v) is 36.6. The Morgan fingerprint density at radius 2 is 0.944 bits per heavy atom. The second kappa shape index (κ2) is 22.4. The summed E-state index contributed by atoms with van der Waals surface area (Å²) in [5.74, 6) is 1.19. The third kappa shape index (κ3) is 16.2. The lowest BCUT2D eigenvalue weighted by Gasteiger charge is -2.36.